The molecule has 2 aliphatic rings. The molecule has 4 rings (SSSR count). The van der Waals surface area contributed by atoms with Crippen LogP contribution in [0.15, 0.2) is 48.5 Å². The molecule has 5 heteroatoms. The van der Waals surface area contributed by atoms with Crippen molar-refractivity contribution in [3.8, 4) is 0 Å². The Kier molecular flexibility index (Phi) is 5.56. The van der Waals surface area contributed by atoms with Crippen LogP contribution in [0.4, 0.5) is 17.1 Å². The van der Waals surface area contributed by atoms with Crippen LogP contribution in [0.3, 0.4) is 0 Å². The van der Waals surface area contributed by atoms with Gasteiger partial charge >= 0.3 is 0 Å². The average Bonchev–Trinajstić information content (AvgIpc) is 3.17. The minimum atomic E-state index is -0.120. The maximum absolute atomic E-state index is 13.0. The van der Waals surface area contributed by atoms with E-state index < -0.39 is 0 Å². The number of anilines is 3. The van der Waals surface area contributed by atoms with Crippen molar-refractivity contribution < 1.29 is 9.59 Å². The van der Waals surface area contributed by atoms with E-state index in [2.05, 4.69) is 30.0 Å². The molecule has 2 amide bonds. The number of benzene rings is 2. The monoisotopic (exact) mass is 391 g/mol. The summed E-state index contributed by atoms with van der Waals surface area (Å²) in [6, 6.07) is 16.0. The molecule has 0 bridgehead atoms. The molecule has 0 radical (unpaired) electrons. The highest BCUT2D eigenvalue weighted by Gasteiger charge is 2.27. The second-order valence-corrected chi connectivity index (χ2v) is 8.22. The van der Waals surface area contributed by atoms with Gasteiger partial charge in [-0.05, 0) is 61.1 Å². The van der Waals surface area contributed by atoms with Crippen LogP contribution >= 0.6 is 0 Å². The first-order valence-electron chi connectivity index (χ1n) is 10.5. The summed E-state index contributed by atoms with van der Waals surface area (Å²) in [5.41, 5.74) is 4.11. The molecular weight excluding hydrogens is 362 g/mol. The van der Waals surface area contributed by atoms with E-state index in [-0.39, 0.29) is 18.4 Å². The summed E-state index contributed by atoms with van der Waals surface area (Å²) in [5, 5.41) is 0. The Labute approximate surface area is 172 Å². The van der Waals surface area contributed by atoms with Gasteiger partial charge < -0.3 is 14.7 Å². The summed E-state index contributed by atoms with van der Waals surface area (Å²) < 4.78 is 0. The van der Waals surface area contributed by atoms with Gasteiger partial charge in [0.25, 0.3) is 0 Å². The first kappa shape index (κ1) is 19.5. The minimum absolute atomic E-state index is 0.0424. The number of nitrogens with zero attached hydrogens (tertiary/aromatic N) is 3. The van der Waals surface area contributed by atoms with Crippen molar-refractivity contribution in [2.75, 3.05) is 40.9 Å². The summed E-state index contributed by atoms with van der Waals surface area (Å²) in [4.78, 5) is 31.0. The molecule has 0 spiro atoms. The van der Waals surface area contributed by atoms with Gasteiger partial charge in [-0.2, -0.15) is 0 Å². The second-order valence-electron chi connectivity index (χ2n) is 8.22. The van der Waals surface area contributed by atoms with Crippen LogP contribution in [-0.4, -0.2) is 38.0 Å². The molecule has 1 fully saturated rings. The van der Waals surface area contributed by atoms with Gasteiger partial charge in [0.2, 0.25) is 11.8 Å². The zero-order valence-electron chi connectivity index (χ0n) is 17.3. The number of hydrogen-bond acceptors (Lipinski definition) is 3. The zero-order chi connectivity index (χ0) is 20.4. The Morgan fingerprint density at radius 2 is 1.69 bits per heavy atom. The van der Waals surface area contributed by atoms with Gasteiger partial charge in [0, 0.05) is 43.6 Å². The fourth-order valence-corrected chi connectivity index (χ4v) is 4.31. The highest BCUT2D eigenvalue weighted by Crippen LogP contribution is 2.29. The summed E-state index contributed by atoms with van der Waals surface area (Å²) in [6.07, 6.45) is 3.30. The smallest absolute Gasteiger partial charge is 0.247 e. The van der Waals surface area contributed by atoms with Crippen molar-refractivity contribution in [2.24, 2.45) is 5.92 Å². The van der Waals surface area contributed by atoms with E-state index in [1.807, 2.05) is 30.3 Å². The van der Waals surface area contributed by atoms with Gasteiger partial charge in [0.05, 0.1) is 0 Å². The number of para-hydroxylation sites is 1. The molecule has 5 nitrogen and oxygen atoms in total. The van der Waals surface area contributed by atoms with Crippen molar-refractivity contribution in [3.63, 3.8) is 0 Å². The van der Waals surface area contributed by atoms with Gasteiger partial charge in [0.1, 0.15) is 6.54 Å². The number of amides is 2. The molecule has 0 aromatic heterocycles. The largest absolute Gasteiger partial charge is 0.372 e. The maximum Gasteiger partial charge on any atom is 0.247 e. The molecule has 2 heterocycles. The molecule has 0 unspecified atom stereocenters. The van der Waals surface area contributed by atoms with Crippen molar-refractivity contribution in [2.45, 2.75) is 33.1 Å². The lowest BCUT2D eigenvalue weighted by molar-refractivity contribution is -0.121. The molecule has 152 valence electrons. The Hall–Kier alpha value is -2.82. The van der Waals surface area contributed by atoms with Crippen molar-refractivity contribution in [1.82, 2.24) is 0 Å². The summed E-state index contributed by atoms with van der Waals surface area (Å²) >= 11 is 0. The van der Waals surface area contributed by atoms with Crippen molar-refractivity contribution in [3.05, 3.63) is 54.1 Å². The molecule has 2 aliphatic heterocycles. The SMILES string of the molecule is CC(=O)N(CC(=O)N1CCc2ccccc21)c1ccc(N2CCC(C)CC2)cc1. The number of carbonyl (C=O) groups excluding carboxylic acids is 2. The molecule has 0 saturated carbocycles. The van der Waals surface area contributed by atoms with Gasteiger partial charge in [-0.1, -0.05) is 25.1 Å². The molecule has 29 heavy (non-hydrogen) atoms. The third-order valence-electron chi connectivity index (χ3n) is 6.17. The lowest BCUT2D eigenvalue weighted by atomic mass is 9.99. The highest BCUT2D eigenvalue weighted by molar-refractivity contribution is 6.04. The van der Waals surface area contributed by atoms with Crippen LogP contribution in [0.2, 0.25) is 0 Å². The van der Waals surface area contributed by atoms with Crippen LogP contribution in [0.1, 0.15) is 32.3 Å². The predicted octanol–water partition coefficient (Wildman–Crippen LogP) is 3.87. The van der Waals surface area contributed by atoms with E-state index in [1.165, 1.54) is 31.0 Å². The van der Waals surface area contributed by atoms with Gasteiger partial charge in [-0.3, -0.25) is 9.59 Å². The fraction of sp³-hybridized carbons (Fsp3) is 0.417. The van der Waals surface area contributed by atoms with Crippen LogP contribution in [0.25, 0.3) is 0 Å². The van der Waals surface area contributed by atoms with Crippen LogP contribution in [-0.2, 0) is 16.0 Å². The van der Waals surface area contributed by atoms with E-state index in [9.17, 15) is 9.59 Å². The lowest BCUT2D eigenvalue weighted by Gasteiger charge is -2.32. The Bertz CT molecular complexity index is 885. The van der Waals surface area contributed by atoms with Gasteiger partial charge in [-0.25, -0.2) is 0 Å². The number of rotatable bonds is 4. The van der Waals surface area contributed by atoms with E-state index in [0.29, 0.717) is 6.54 Å². The van der Waals surface area contributed by atoms with E-state index in [0.717, 1.165) is 36.8 Å². The molecule has 2 aromatic carbocycles. The Morgan fingerprint density at radius 3 is 2.38 bits per heavy atom. The van der Waals surface area contributed by atoms with E-state index in [4.69, 9.17) is 0 Å². The minimum Gasteiger partial charge on any atom is -0.372 e. The molecular formula is C24H29N3O2. The summed E-state index contributed by atoms with van der Waals surface area (Å²) in [7, 11) is 0. The summed E-state index contributed by atoms with van der Waals surface area (Å²) in [5.74, 6) is 0.630. The highest BCUT2D eigenvalue weighted by atomic mass is 16.2. The van der Waals surface area contributed by atoms with Crippen molar-refractivity contribution >= 4 is 28.9 Å². The van der Waals surface area contributed by atoms with Crippen molar-refractivity contribution in [1.29, 1.82) is 0 Å². The summed E-state index contributed by atoms with van der Waals surface area (Å²) in [6.45, 7) is 6.71. The normalized spacial score (nSPS) is 16.6. The van der Waals surface area contributed by atoms with Crippen LogP contribution < -0.4 is 14.7 Å². The van der Waals surface area contributed by atoms with Gasteiger partial charge in [-0.15, -0.1) is 0 Å². The molecule has 0 aliphatic carbocycles. The van der Waals surface area contributed by atoms with E-state index in [1.54, 1.807) is 9.80 Å². The van der Waals surface area contributed by atoms with Gasteiger partial charge in [0.15, 0.2) is 0 Å². The number of carbonyl (C=O) groups is 2. The number of piperidine rings is 1. The van der Waals surface area contributed by atoms with E-state index >= 15 is 0 Å². The molecule has 1 saturated heterocycles. The zero-order valence-corrected chi connectivity index (χ0v) is 17.3. The first-order chi connectivity index (χ1) is 14.0. The number of fused-ring (bicyclic) bond motifs is 1. The standard InChI is InChI=1S/C24H29N3O2/c1-18-11-14-25(15-12-18)21-7-9-22(10-8-21)27(19(2)28)17-24(29)26-16-13-20-5-3-4-6-23(20)26/h3-10,18H,11-17H2,1-2H3. The molecule has 0 atom stereocenters. The molecule has 0 N–H and O–H groups in total. The Balaban J connectivity index is 1.47. The third-order valence-corrected chi connectivity index (χ3v) is 6.17. The predicted molar refractivity (Wildman–Crippen MR) is 118 cm³/mol. The molecule has 2 aromatic rings. The number of hydrogen-bond donors (Lipinski definition) is 0. The fourth-order valence-electron chi connectivity index (χ4n) is 4.31. The second kappa shape index (κ2) is 8.27. The lowest BCUT2D eigenvalue weighted by Crippen LogP contribution is -2.41. The van der Waals surface area contributed by atoms with Crippen LogP contribution in [0.5, 0.6) is 0 Å². The third kappa shape index (κ3) is 4.14. The first-order valence-corrected chi connectivity index (χ1v) is 10.5. The maximum atomic E-state index is 13.0. The Morgan fingerprint density at radius 1 is 1.00 bits per heavy atom. The quantitative estimate of drug-likeness (QED) is 0.795. The average molecular weight is 392 g/mol. The topological polar surface area (TPSA) is 43.9 Å². The van der Waals surface area contributed by atoms with Crippen LogP contribution in [0, 0.1) is 5.92 Å².